The molecule has 0 saturated heterocycles. The van der Waals surface area contributed by atoms with Crippen molar-refractivity contribution < 1.29 is 23.5 Å². The highest BCUT2D eigenvalue weighted by Crippen LogP contribution is 2.21. The van der Waals surface area contributed by atoms with Crippen molar-refractivity contribution in [3.63, 3.8) is 0 Å². The van der Waals surface area contributed by atoms with Gasteiger partial charge in [-0.2, -0.15) is 0 Å². The fraction of sp³-hybridized carbons (Fsp3) is 0.130. The SMILES string of the molecule is O=C(COC(=O)COc1ccc(-c2ccccc2)cc1)NCc1ccc(F)cc1. The molecule has 0 fully saturated rings. The van der Waals surface area contributed by atoms with Crippen LogP contribution in [0, 0.1) is 5.82 Å². The Balaban J connectivity index is 1.37. The number of halogens is 1. The number of esters is 1. The van der Waals surface area contributed by atoms with Crippen molar-refractivity contribution in [3.8, 4) is 16.9 Å². The van der Waals surface area contributed by atoms with Crippen LogP contribution in [0.2, 0.25) is 0 Å². The van der Waals surface area contributed by atoms with Gasteiger partial charge in [0.15, 0.2) is 13.2 Å². The maximum atomic E-state index is 12.8. The minimum absolute atomic E-state index is 0.223. The van der Waals surface area contributed by atoms with Gasteiger partial charge in [0, 0.05) is 6.54 Å². The zero-order valence-electron chi connectivity index (χ0n) is 15.6. The van der Waals surface area contributed by atoms with E-state index in [0.29, 0.717) is 5.75 Å². The summed E-state index contributed by atoms with van der Waals surface area (Å²) in [6, 6.07) is 23.0. The number of hydrogen-bond acceptors (Lipinski definition) is 4. The maximum absolute atomic E-state index is 12.8. The molecule has 0 unspecified atom stereocenters. The summed E-state index contributed by atoms with van der Waals surface area (Å²) < 4.78 is 23.1. The predicted octanol–water partition coefficient (Wildman–Crippen LogP) is 3.73. The molecule has 0 aliphatic heterocycles. The lowest BCUT2D eigenvalue weighted by Crippen LogP contribution is -2.29. The van der Waals surface area contributed by atoms with Gasteiger partial charge in [-0.05, 0) is 41.0 Å². The lowest BCUT2D eigenvalue weighted by atomic mass is 10.1. The molecule has 0 spiro atoms. The molecule has 0 bridgehead atoms. The van der Waals surface area contributed by atoms with Gasteiger partial charge in [0.2, 0.25) is 0 Å². The van der Waals surface area contributed by atoms with Crippen molar-refractivity contribution in [2.24, 2.45) is 0 Å². The highest BCUT2D eigenvalue weighted by Gasteiger charge is 2.09. The lowest BCUT2D eigenvalue weighted by Gasteiger charge is -2.09. The molecule has 0 saturated carbocycles. The Morgan fingerprint density at radius 1 is 0.793 bits per heavy atom. The highest BCUT2D eigenvalue weighted by molar-refractivity contribution is 5.80. The largest absolute Gasteiger partial charge is 0.482 e. The van der Waals surface area contributed by atoms with E-state index in [4.69, 9.17) is 9.47 Å². The minimum Gasteiger partial charge on any atom is -0.482 e. The van der Waals surface area contributed by atoms with Crippen LogP contribution in [0.5, 0.6) is 5.75 Å². The van der Waals surface area contributed by atoms with Crippen molar-refractivity contribution in [3.05, 3.63) is 90.2 Å². The fourth-order valence-corrected chi connectivity index (χ4v) is 2.56. The van der Waals surface area contributed by atoms with E-state index >= 15 is 0 Å². The van der Waals surface area contributed by atoms with Gasteiger partial charge in [-0.1, -0.05) is 54.6 Å². The number of carbonyl (C=O) groups excluding carboxylic acids is 2. The molecule has 0 atom stereocenters. The zero-order chi connectivity index (χ0) is 20.5. The zero-order valence-corrected chi connectivity index (χ0v) is 15.6. The topological polar surface area (TPSA) is 64.6 Å². The molecule has 0 radical (unpaired) electrons. The molecule has 5 nitrogen and oxygen atoms in total. The molecular weight excluding hydrogens is 373 g/mol. The van der Waals surface area contributed by atoms with Crippen molar-refractivity contribution >= 4 is 11.9 Å². The summed E-state index contributed by atoms with van der Waals surface area (Å²) in [7, 11) is 0. The van der Waals surface area contributed by atoms with Crippen LogP contribution in [0.4, 0.5) is 4.39 Å². The Morgan fingerprint density at radius 2 is 1.45 bits per heavy atom. The smallest absolute Gasteiger partial charge is 0.344 e. The minimum atomic E-state index is -0.644. The highest BCUT2D eigenvalue weighted by atomic mass is 19.1. The number of amides is 1. The molecule has 1 N–H and O–H groups in total. The van der Waals surface area contributed by atoms with E-state index in [9.17, 15) is 14.0 Å². The molecule has 148 valence electrons. The van der Waals surface area contributed by atoms with Gasteiger partial charge in [0.1, 0.15) is 11.6 Å². The van der Waals surface area contributed by atoms with Gasteiger partial charge in [-0.3, -0.25) is 4.79 Å². The van der Waals surface area contributed by atoms with Crippen LogP contribution in [0.1, 0.15) is 5.56 Å². The Morgan fingerprint density at radius 3 is 2.14 bits per heavy atom. The van der Waals surface area contributed by atoms with Crippen molar-refractivity contribution in [1.82, 2.24) is 5.32 Å². The lowest BCUT2D eigenvalue weighted by molar-refractivity contribution is -0.150. The van der Waals surface area contributed by atoms with Crippen LogP contribution in [-0.4, -0.2) is 25.1 Å². The summed E-state index contributed by atoms with van der Waals surface area (Å²) in [5.74, 6) is -0.907. The molecule has 6 heteroatoms. The number of rotatable bonds is 8. The Kier molecular flexibility index (Phi) is 6.95. The number of hydrogen-bond donors (Lipinski definition) is 1. The molecule has 0 heterocycles. The van der Waals surface area contributed by atoms with Crippen LogP contribution >= 0.6 is 0 Å². The summed E-state index contributed by atoms with van der Waals surface area (Å²) >= 11 is 0. The van der Waals surface area contributed by atoms with E-state index in [0.717, 1.165) is 16.7 Å². The first-order chi connectivity index (χ1) is 14.1. The monoisotopic (exact) mass is 393 g/mol. The van der Waals surface area contributed by atoms with Crippen LogP contribution in [0.3, 0.4) is 0 Å². The Hall–Kier alpha value is -3.67. The first-order valence-electron chi connectivity index (χ1n) is 9.05. The number of nitrogens with one attached hydrogen (secondary N) is 1. The fourth-order valence-electron chi connectivity index (χ4n) is 2.56. The van der Waals surface area contributed by atoms with E-state index in [1.165, 1.54) is 12.1 Å². The van der Waals surface area contributed by atoms with Gasteiger partial charge in [-0.15, -0.1) is 0 Å². The number of benzene rings is 3. The second-order valence-electron chi connectivity index (χ2n) is 6.24. The maximum Gasteiger partial charge on any atom is 0.344 e. The van der Waals surface area contributed by atoms with Crippen molar-refractivity contribution in [2.75, 3.05) is 13.2 Å². The Labute approximate surface area is 168 Å². The van der Waals surface area contributed by atoms with Crippen molar-refractivity contribution in [1.29, 1.82) is 0 Å². The van der Waals surface area contributed by atoms with Crippen LogP contribution < -0.4 is 10.1 Å². The van der Waals surface area contributed by atoms with Gasteiger partial charge in [0.25, 0.3) is 5.91 Å². The number of ether oxygens (including phenoxy) is 2. The van der Waals surface area contributed by atoms with Crippen molar-refractivity contribution in [2.45, 2.75) is 6.54 Å². The average molecular weight is 393 g/mol. The summed E-state index contributed by atoms with van der Waals surface area (Å²) in [5.41, 5.74) is 2.87. The van der Waals surface area contributed by atoms with Gasteiger partial charge in [-0.25, -0.2) is 9.18 Å². The van der Waals surface area contributed by atoms with Crippen LogP contribution in [-0.2, 0) is 20.9 Å². The van der Waals surface area contributed by atoms with E-state index in [1.54, 1.807) is 24.3 Å². The third-order valence-electron chi connectivity index (χ3n) is 4.09. The molecular formula is C23H20FNO4. The van der Waals surface area contributed by atoms with Crippen LogP contribution in [0.25, 0.3) is 11.1 Å². The third-order valence-corrected chi connectivity index (χ3v) is 4.09. The van der Waals surface area contributed by atoms with Crippen LogP contribution in [0.15, 0.2) is 78.9 Å². The second-order valence-corrected chi connectivity index (χ2v) is 6.24. The molecule has 3 rings (SSSR count). The summed E-state index contributed by atoms with van der Waals surface area (Å²) in [4.78, 5) is 23.5. The van der Waals surface area contributed by atoms with E-state index in [1.807, 2.05) is 42.5 Å². The number of carbonyl (C=O) groups is 2. The molecule has 3 aromatic rings. The molecule has 3 aromatic carbocycles. The molecule has 29 heavy (non-hydrogen) atoms. The summed E-state index contributed by atoms with van der Waals surface area (Å²) in [6.07, 6.45) is 0. The first-order valence-corrected chi connectivity index (χ1v) is 9.05. The average Bonchev–Trinajstić information content (AvgIpc) is 2.77. The van der Waals surface area contributed by atoms with E-state index in [-0.39, 0.29) is 19.0 Å². The predicted molar refractivity (Wildman–Crippen MR) is 107 cm³/mol. The molecule has 0 aliphatic rings. The third kappa shape index (κ3) is 6.46. The molecule has 0 aliphatic carbocycles. The standard InChI is InChI=1S/C23H20FNO4/c24-20-10-6-17(7-11-20)14-25-22(26)15-29-23(27)16-28-21-12-8-19(9-13-21)18-4-2-1-3-5-18/h1-13H,14-16H2,(H,25,26). The Bertz CT molecular complexity index is 941. The van der Waals surface area contributed by atoms with Gasteiger partial charge in [0.05, 0.1) is 0 Å². The van der Waals surface area contributed by atoms with E-state index < -0.39 is 18.5 Å². The van der Waals surface area contributed by atoms with Gasteiger partial charge < -0.3 is 14.8 Å². The molecule has 1 amide bonds. The molecule has 0 aromatic heterocycles. The van der Waals surface area contributed by atoms with Gasteiger partial charge >= 0.3 is 5.97 Å². The normalized spacial score (nSPS) is 10.2. The summed E-state index contributed by atoms with van der Waals surface area (Å²) in [6.45, 7) is -0.479. The second kappa shape index (κ2) is 10.0. The quantitative estimate of drug-likeness (QED) is 0.593. The first kappa shape index (κ1) is 20.1. The summed E-state index contributed by atoms with van der Waals surface area (Å²) in [5, 5.41) is 2.59. The van der Waals surface area contributed by atoms with E-state index in [2.05, 4.69) is 5.32 Å².